The van der Waals surface area contributed by atoms with Crippen LogP contribution in [0.25, 0.3) is 6.08 Å². The molecular formula is C25H27N5O4. The summed E-state index contributed by atoms with van der Waals surface area (Å²) in [6, 6.07) is 11.4. The van der Waals surface area contributed by atoms with Crippen LogP contribution < -0.4 is 24.3 Å². The molecule has 5 rings (SSSR count). The van der Waals surface area contributed by atoms with Crippen LogP contribution >= 0.6 is 0 Å². The third kappa shape index (κ3) is 3.72. The van der Waals surface area contributed by atoms with Crippen LogP contribution in [0, 0.1) is 0 Å². The van der Waals surface area contributed by atoms with Gasteiger partial charge in [-0.3, -0.25) is 0 Å². The highest BCUT2D eigenvalue weighted by Crippen LogP contribution is 2.46. The van der Waals surface area contributed by atoms with Gasteiger partial charge in [0.15, 0.2) is 0 Å². The highest BCUT2D eigenvalue weighted by atomic mass is 16.5. The van der Waals surface area contributed by atoms with Gasteiger partial charge in [-0.15, -0.1) is 0 Å². The molecule has 0 saturated heterocycles. The summed E-state index contributed by atoms with van der Waals surface area (Å²) in [4.78, 5) is 0. The van der Waals surface area contributed by atoms with E-state index in [-0.39, 0.29) is 6.04 Å². The van der Waals surface area contributed by atoms with Gasteiger partial charge in [-0.25, -0.2) is 0 Å². The predicted molar refractivity (Wildman–Crippen MR) is 128 cm³/mol. The summed E-state index contributed by atoms with van der Waals surface area (Å²) in [5, 5.41) is 16.0. The molecule has 9 heteroatoms. The second-order valence-corrected chi connectivity index (χ2v) is 8.11. The third-order valence-electron chi connectivity index (χ3n) is 6.34. The van der Waals surface area contributed by atoms with Gasteiger partial charge >= 0.3 is 0 Å². The summed E-state index contributed by atoms with van der Waals surface area (Å²) in [6.45, 7) is 0. The van der Waals surface area contributed by atoms with Crippen molar-refractivity contribution in [2.24, 2.45) is 0 Å². The number of hydrogen-bond donors (Lipinski definition) is 1. The third-order valence-corrected chi connectivity index (χ3v) is 6.34. The van der Waals surface area contributed by atoms with Crippen LogP contribution in [0.4, 0.5) is 5.95 Å². The van der Waals surface area contributed by atoms with Crippen LogP contribution in [-0.4, -0.2) is 48.6 Å². The van der Waals surface area contributed by atoms with Gasteiger partial charge < -0.3 is 24.3 Å². The lowest BCUT2D eigenvalue weighted by atomic mass is 9.83. The van der Waals surface area contributed by atoms with Crippen molar-refractivity contribution in [2.75, 3.05) is 33.8 Å². The van der Waals surface area contributed by atoms with Crippen molar-refractivity contribution < 1.29 is 18.9 Å². The number of ether oxygens (including phenoxy) is 4. The summed E-state index contributed by atoms with van der Waals surface area (Å²) in [5.74, 6) is 3.65. The number of nitrogens with one attached hydrogen (secondary N) is 1. The average Bonchev–Trinajstić information content (AvgIpc) is 3.35. The van der Waals surface area contributed by atoms with Crippen molar-refractivity contribution in [1.29, 1.82) is 0 Å². The summed E-state index contributed by atoms with van der Waals surface area (Å²) in [5.41, 5.74) is 5.30. The SMILES string of the molecule is COc1ccc(OC)c(/C=C2\CCCC3=C2Nc2nnnn2[C@@H]3c2cc(OC)ccc2OC)c1. The predicted octanol–water partition coefficient (Wildman–Crippen LogP) is 4.24. The lowest BCUT2D eigenvalue weighted by Gasteiger charge is -2.34. The number of nitrogens with zero attached hydrogens (tertiary/aromatic N) is 4. The highest BCUT2D eigenvalue weighted by Gasteiger charge is 2.35. The molecule has 1 aromatic heterocycles. The molecule has 2 heterocycles. The number of anilines is 1. The molecule has 1 aliphatic heterocycles. The summed E-state index contributed by atoms with van der Waals surface area (Å²) < 4.78 is 24.1. The van der Waals surface area contributed by atoms with E-state index in [2.05, 4.69) is 26.9 Å². The number of allylic oxidation sites excluding steroid dienone is 2. The summed E-state index contributed by atoms with van der Waals surface area (Å²) in [6.07, 6.45) is 4.97. The number of benzene rings is 2. The second-order valence-electron chi connectivity index (χ2n) is 8.11. The topological polar surface area (TPSA) is 92.6 Å². The Morgan fingerprint density at radius 1 is 0.912 bits per heavy atom. The Labute approximate surface area is 198 Å². The first kappa shape index (κ1) is 21.8. The van der Waals surface area contributed by atoms with E-state index in [4.69, 9.17) is 18.9 Å². The molecule has 0 fully saturated rings. The largest absolute Gasteiger partial charge is 0.497 e. The van der Waals surface area contributed by atoms with E-state index in [0.717, 1.165) is 64.7 Å². The molecule has 1 N–H and O–H groups in total. The maximum Gasteiger partial charge on any atom is 0.248 e. The molecule has 34 heavy (non-hydrogen) atoms. The normalized spacial score (nSPS) is 18.1. The summed E-state index contributed by atoms with van der Waals surface area (Å²) in [7, 11) is 6.66. The van der Waals surface area contributed by atoms with Crippen molar-refractivity contribution in [2.45, 2.75) is 25.3 Å². The number of hydrogen-bond acceptors (Lipinski definition) is 8. The first-order chi connectivity index (χ1) is 16.7. The number of methoxy groups -OCH3 is 4. The van der Waals surface area contributed by atoms with E-state index in [1.165, 1.54) is 5.57 Å². The van der Waals surface area contributed by atoms with Gasteiger partial charge in [0.05, 0.1) is 28.4 Å². The minimum Gasteiger partial charge on any atom is -0.497 e. The zero-order valence-corrected chi connectivity index (χ0v) is 19.7. The Morgan fingerprint density at radius 2 is 1.65 bits per heavy atom. The minimum atomic E-state index is -0.220. The van der Waals surface area contributed by atoms with Crippen molar-refractivity contribution in [3.05, 3.63) is 64.4 Å². The zero-order chi connectivity index (χ0) is 23.7. The molecule has 0 unspecified atom stereocenters. The fourth-order valence-corrected chi connectivity index (χ4v) is 4.73. The molecule has 0 amide bonds. The number of aromatic nitrogens is 4. The van der Waals surface area contributed by atoms with E-state index in [1.807, 2.05) is 41.1 Å². The highest BCUT2D eigenvalue weighted by molar-refractivity contribution is 5.69. The quantitative estimate of drug-likeness (QED) is 0.583. The standard InChI is InChI=1S/C25H27N5O4/c1-31-17-8-10-21(33-3)16(13-17)12-15-6-5-7-19-23(15)26-25-27-28-29-30(25)24(19)20-14-18(32-2)9-11-22(20)34-4/h8-14,24H,5-7H2,1-4H3,(H,26,27,29)/b15-12+/t24-/m0/s1. The van der Waals surface area contributed by atoms with Gasteiger partial charge in [0.1, 0.15) is 29.0 Å². The van der Waals surface area contributed by atoms with E-state index < -0.39 is 0 Å². The van der Waals surface area contributed by atoms with Crippen molar-refractivity contribution >= 4 is 12.0 Å². The fourth-order valence-electron chi connectivity index (χ4n) is 4.73. The van der Waals surface area contributed by atoms with Crippen molar-refractivity contribution in [1.82, 2.24) is 20.2 Å². The van der Waals surface area contributed by atoms with Crippen LogP contribution in [0.3, 0.4) is 0 Å². The van der Waals surface area contributed by atoms with Crippen LogP contribution in [0.2, 0.25) is 0 Å². The van der Waals surface area contributed by atoms with Gasteiger partial charge in [-0.2, -0.15) is 4.68 Å². The Morgan fingerprint density at radius 3 is 2.38 bits per heavy atom. The van der Waals surface area contributed by atoms with E-state index in [9.17, 15) is 0 Å². The van der Waals surface area contributed by atoms with Crippen LogP contribution in [0.15, 0.2) is 53.2 Å². The first-order valence-electron chi connectivity index (χ1n) is 11.1. The maximum atomic E-state index is 5.72. The molecule has 0 bridgehead atoms. The van der Waals surface area contributed by atoms with Crippen LogP contribution in [0.5, 0.6) is 23.0 Å². The van der Waals surface area contributed by atoms with Crippen molar-refractivity contribution in [3.8, 4) is 23.0 Å². The average molecular weight is 462 g/mol. The second kappa shape index (κ2) is 9.09. The smallest absolute Gasteiger partial charge is 0.248 e. The van der Waals surface area contributed by atoms with Crippen LogP contribution in [0.1, 0.15) is 36.4 Å². The van der Waals surface area contributed by atoms with Gasteiger partial charge in [0.2, 0.25) is 5.95 Å². The molecule has 1 atom stereocenters. The van der Waals surface area contributed by atoms with Crippen LogP contribution in [-0.2, 0) is 0 Å². The molecule has 176 valence electrons. The molecule has 1 aliphatic carbocycles. The molecule has 3 aromatic rings. The van der Waals surface area contributed by atoms with Crippen molar-refractivity contribution in [3.63, 3.8) is 0 Å². The van der Waals surface area contributed by atoms with Gasteiger partial charge in [0.25, 0.3) is 0 Å². The Kier molecular flexibility index (Phi) is 5.83. The number of rotatable bonds is 6. The monoisotopic (exact) mass is 461 g/mol. The van der Waals surface area contributed by atoms with Gasteiger partial charge in [-0.1, -0.05) is 5.10 Å². The molecule has 2 aliphatic rings. The first-order valence-corrected chi connectivity index (χ1v) is 11.1. The Balaban J connectivity index is 1.68. The number of tetrazole rings is 1. The zero-order valence-electron chi connectivity index (χ0n) is 19.7. The molecule has 2 aromatic carbocycles. The molecular weight excluding hydrogens is 434 g/mol. The Hall–Kier alpha value is -4.01. The summed E-state index contributed by atoms with van der Waals surface area (Å²) >= 11 is 0. The van der Waals surface area contributed by atoms with E-state index in [1.54, 1.807) is 28.4 Å². The molecule has 0 saturated carbocycles. The fraction of sp³-hybridized carbons (Fsp3) is 0.320. The Bertz CT molecular complexity index is 1280. The minimum absolute atomic E-state index is 0.220. The molecule has 0 radical (unpaired) electrons. The van der Waals surface area contributed by atoms with E-state index in [0.29, 0.717) is 5.95 Å². The van der Waals surface area contributed by atoms with E-state index >= 15 is 0 Å². The molecule has 0 spiro atoms. The number of fused-ring (bicyclic) bond motifs is 1. The lowest BCUT2D eigenvalue weighted by molar-refractivity contribution is 0.390. The lowest BCUT2D eigenvalue weighted by Crippen LogP contribution is -2.28. The van der Waals surface area contributed by atoms with Gasteiger partial charge in [0, 0.05) is 16.8 Å². The molecule has 9 nitrogen and oxygen atoms in total. The van der Waals surface area contributed by atoms with Gasteiger partial charge in [-0.05, 0) is 83.3 Å². The maximum absolute atomic E-state index is 5.72.